The highest BCUT2D eigenvalue weighted by molar-refractivity contribution is 6.28. The van der Waals surface area contributed by atoms with Crippen molar-refractivity contribution in [1.29, 1.82) is 0 Å². The molecular formula is C23H37ClFN7O3. The Kier molecular flexibility index (Phi) is 9.73. The van der Waals surface area contributed by atoms with E-state index in [9.17, 15) is 9.59 Å². The van der Waals surface area contributed by atoms with Crippen molar-refractivity contribution in [2.24, 2.45) is 11.8 Å². The molecular weight excluding hydrogens is 477 g/mol. The fourth-order valence-electron chi connectivity index (χ4n) is 4.89. The van der Waals surface area contributed by atoms with Crippen molar-refractivity contribution in [3.05, 3.63) is 11.1 Å². The first-order valence-electron chi connectivity index (χ1n) is 12.4. The van der Waals surface area contributed by atoms with Gasteiger partial charge in [0, 0.05) is 31.7 Å². The summed E-state index contributed by atoms with van der Waals surface area (Å²) in [6, 6.07) is 0.444. The van der Waals surface area contributed by atoms with Gasteiger partial charge in [-0.25, -0.2) is 4.79 Å². The molecule has 1 aliphatic carbocycles. The van der Waals surface area contributed by atoms with Crippen LogP contribution in [-0.4, -0.2) is 70.7 Å². The van der Waals surface area contributed by atoms with Crippen molar-refractivity contribution in [2.75, 3.05) is 37.0 Å². The predicted molar refractivity (Wildman–Crippen MR) is 133 cm³/mol. The topological polar surface area (TPSA) is 123 Å². The summed E-state index contributed by atoms with van der Waals surface area (Å²) in [5.41, 5.74) is 5.07. The third-order valence-electron chi connectivity index (χ3n) is 7.10. The molecule has 1 aliphatic heterocycles. The molecule has 0 aromatic carbocycles. The molecule has 2 amide bonds. The van der Waals surface area contributed by atoms with Gasteiger partial charge in [-0.2, -0.15) is 14.4 Å². The summed E-state index contributed by atoms with van der Waals surface area (Å²) >= 11 is 6.13. The lowest BCUT2D eigenvalue weighted by Crippen LogP contribution is -2.43. The van der Waals surface area contributed by atoms with Crippen molar-refractivity contribution in [3.8, 4) is 0 Å². The first-order chi connectivity index (χ1) is 16.7. The third-order valence-corrected chi connectivity index (χ3v) is 7.27. The molecule has 4 N–H and O–H groups in total. The quantitative estimate of drug-likeness (QED) is 0.262. The molecule has 2 fully saturated rings. The van der Waals surface area contributed by atoms with Gasteiger partial charge in [-0.05, 0) is 57.7 Å². The maximum Gasteiger partial charge on any atom is 0.404 e. The van der Waals surface area contributed by atoms with E-state index in [0.29, 0.717) is 24.9 Å². The number of carbonyl (C=O) groups is 2. The van der Waals surface area contributed by atoms with E-state index in [1.54, 1.807) is 0 Å². The number of anilines is 2. The zero-order chi connectivity index (χ0) is 25.5. The summed E-state index contributed by atoms with van der Waals surface area (Å²) in [6.45, 7) is 5.61. The lowest BCUT2D eigenvalue weighted by Gasteiger charge is -2.31. The maximum atomic E-state index is 15.5. The Bertz CT molecular complexity index is 885. The van der Waals surface area contributed by atoms with Gasteiger partial charge in [0.15, 0.2) is 11.6 Å². The minimum absolute atomic E-state index is 0.0174. The second-order valence-electron chi connectivity index (χ2n) is 9.89. The van der Waals surface area contributed by atoms with Gasteiger partial charge in [0.1, 0.15) is 0 Å². The monoisotopic (exact) mass is 513 g/mol. The number of hydrazine groups is 1. The highest BCUT2D eigenvalue weighted by Crippen LogP contribution is 2.32. The molecule has 0 bridgehead atoms. The Balaban J connectivity index is 1.70. The van der Waals surface area contributed by atoms with Crippen LogP contribution in [0, 0.1) is 17.7 Å². The second kappa shape index (κ2) is 12.5. The maximum absolute atomic E-state index is 15.5. The Morgan fingerprint density at radius 1 is 1.23 bits per heavy atom. The number of nitrogens with zero attached hydrogens (tertiary/aromatic N) is 4. The summed E-state index contributed by atoms with van der Waals surface area (Å²) in [6.07, 6.45) is 5.46. The molecule has 0 radical (unpaired) electrons. The number of nitrogens with one attached hydrogen (secondary N) is 3. The molecule has 1 saturated carbocycles. The molecule has 1 aromatic heterocycles. The van der Waals surface area contributed by atoms with Crippen molar-refractivity contribution in [2.45, 2.75) is 70.9 Å². The molecule has 0 unspecified atom stereocenters. The molecule has 10 nitrogen and oxygen atoms in total. The van der Waals surface area contributed by atoms with Crippen LogP contribution in [0.3, 0.4) is 0 Å². The van der Waals surface area contributed by atoms with Crippen molar-refractivity contribution in [3.63, 3.8) is 0 Å². The number of carbonyl (C=O) groups excluding carboxylic acids is 1. The normalized spacial score (nSPS) is 19.4. The van der Waals surface area contributed by atoms with Crippen LogP contribution in [0.25, 0.3) is 0 Å². The van der Waals surface area contributed by atoms with E-state index in [4.69, 9.17) is 16.7 Å². The van der Waals surface area contributed by atoms with Gasteiger partial charge in [-0.3, -0.25) is 15.6 Å². The highest BCUT2D eigenvalue weighted by atomic mass is 35.5. The Morgan fingerprint density at radius 2 is 1.94 bits per heavy atom. The van der Waals surface area contributed by atoms with E-state index in [2.05, 4.69) is 44.9 Å². The summed E-state index contributed by atoms with van der Waals surface area (Å²) in [4.78, 5) is 36.1. The van der Waals surface area contributed by atoms with Crippen molar-refractivity contribution >= 4 is 35.2 Å². The standard InChI is InChI=1S/C23H37ClFN7O3/c1-14(2)31(3)13-17-9-6-10-32(17)20-18(25)19(27-22(24)28-20)29-30-21(33)16(12-26-23(34)35)11-15-7-4-5-8-15/h14-17,26H,4-13H2,1-3H3,(H,30,33)(H,34,35)(H,27,28,29)/t16-,17+/m1/s1. The van der Waals surface area contributed by atoms with Crippen LogP contribution >= 0.6 is 11.6 Å². The number of hydrogen-bond acceptors (Lipinski definition) is 7. The molecule has 1 saturated heterocycles. The molecule has 2 aliphatic rings. The van der Waals surface area contributed by atoms with E-state index in [-0.39, 0.29) is 29.5 Å². The first-order valence-corrected chi connectivity index (χ1v) is 12.8. The Labute approximate surface area is 211 Å². The Morgan fingerprint density at radius 3 is 2.60 bits per heavy atom. The SMILES string of the molecule is CC(C)N(C)C[C@@H]1CCCN1c1nc(Cl)nc(NNC(=O)[C@@H](CNC(=O)O)CC2CCCC2)c1F. The van der Waals surface area contributed by atoms with E-state index in [0.717, 1.165) is 45.1 Å². The van der Waals surface area contributed by atoms with Crippen LogP contribution in [0.5, 0.6) is 0 Å². The molecule has 2 heterocycles. The van der Waals surface area contributed by atoms with Gasteiger partial charge in [0.05, 0.1) is 5.92 Å². The molecule has 3 rings (SSSR count). The fourth-order valence-corrected chi connectivity index (χ4v) is 5.06. The number of carboxylic acid groups (broad SMARTS) is 1. The smallest absolute Gasteiger partial charge is 0.404 e. The molecule has 2 atom stereocenters. The summed E-state index contributed by atoms with van der Waals surface area (Å²) in [7, 11) is 2.04. The number of amides is 2. The van der Waals surface area contributed by atoms with E-state index >= 15 is 4.39 Å². The molecule has 0 spiro atoms. The van der Waals surface area contributed by atoms with Gasteiger partial charge in [-0.15, -0.1) is 0 Å². The van der Waals surface area contributed by atoms with E-state index in [1.165, 1.54) is 0 Å². The minimum Gasteiger partial charge on any atom is -0.465 e. The average Bonchev–Trinajstić information content (AvgIpc) is 3.48. The second-order valence-corrected chi connectivity index (χ2v) is 10.2. The van der Waals surface area contributed by atoms with Gasteiger partial charge >= 0.3 is 6.09 Å². The number of likely N-dealkylation sites (N-methyl/N-ethyl adjacent to an activating group) is 1. The lowest BCUT2D eigenvalue weighted by atomic mass is 9.92. The summed E-state index contributed by atoms with van der Waals surface area (Å²) in [5, 5.41) is 11.1. The highest BCUT2D eigenvalue weighted by Gasteiger charge is 2.31. The predicted octanol–water partition coefficient (Wildman–Crippen LogP) is 3.49. The molecule has 1 aromatic rings. The van der Waals surface area contributed by atoms with Crippen LogP contribution in [0.4, 0.5) is 20.8 Å². The van der Waals surface area contributed by atoms with Crippen LogP contribution in [0.1, 0.15) is 58.8 Å². The minimum atomic E-state index is -1.19. The molecule has 196 valence electrons. The van der Waals surface area contributed by atoms with E-state index in [1.807, 2.05) is 11.9 Å². The van der Waals surface area contributed by atoms with Gasteiger partial charge < -0.3 is 20.2 Å². The van der Waals surface area contributed by atoms with Gasteiger partial charge in [-0.1, -0.05) is 25.7 Å². The van der Waals surface area contributed by atoms with Gasteiger partial charge in [0.2, 0.25) is 17.0 Å². The van der Waals surface area contributed by atoms with E-state index < -0.39 is 23.7 Å². The zero-order valence-corrected chi connectivity index (χ0v) is 21.4. The molecule has 35 heavy (non-hydrogen) atoms. The van der Waals surface area contributed by atoms with Crippen LogP contribution in [-0.2, 0) is 4.79 Å². The fraction of sp³-hybridized carbons (Fsp3) is 0.739. The number of hydrogen-bond donors (Lipinski definition) is 4. The number of rotatable bonds is 11. The molecule has 12 heteroatoms. The summed E-state index contributed by atoms with van der Waals surface area (Å²) < 4.78 is 15.5. The zero-order valence-electron chi connectivity index (χ0n) is 20.7. The lowest BCUT2D eigenvalue weighted by molar-refractivity contribution is -0.124. The van der Waals surface area contributed by atoms with Crippen LogP contribution in [0.2, 0.25) is 5.28 Å². The van der Waals surface area contributed by atoms with Crippen molar-refractivity contribution in [1.82, 2.24) is 25.6 Å². The van der Waals surface area contributed by atoms with Crippen LogP contribution < -0.4 is 21.1 Å². The average molecular weight is 514 g/mol. The van der Waals surface area contributed by atoms with Gasteiger partial charge in [0.25, 0.3) is 0 Å². The number of halogens is 2. The third kappa shape index (κ3) is 7.54. The summed E-state index contributed by atoms with van der Waals surface area (Å²) in [5.74, 6) is -1.45. The Hall–Kier alpha value is -2.40. The van der Waals surface area contributed by atoms with Crippen LogP contribution in [0.15, 0.2) is 0 Å². The van der Waals surface area contributed by atoms with Crippen molar-refractivity contribution < 1.29 is 19.1 Å². The first kappa shape index (κ1) is 27.2. The number of aromatic nitrogens is 2. The largest absolute Gasteiger partial charge is 0.465 e.